The first-order valence-electron chi connectivity index (χ1n) is 10.6. The first kappa shape index (κ1) is 21.7. The van der Waals surface area contributed by atoms with E-state index < -0.39 is 5.60 Å². The summed E-state index contributed by atoms with van der Waals surface area (Å²) < 4.78 is 5.55. The van der Waals surface area contributed by atoms with E-state index in [0.29, 0.717) is 11.7 Å². The van der Waals surface area contributed by atoms with E-state index in [2.05, 4.69) is 53.4 Å². The number of aromatic nitrogens is 3. The number of hydrogen-bond acceptors (Lipinski definition) is 6. The molecule has 0 aliphatic carbocycles. The lowest BCUT2D eigenvalue weighted by Crippen LogP contribution is -2.19. The quantitative estimate of drug-likeness (QED) is 0.431. The molecule has 0 atom stereocenters. The summed E-state index contributed by atoms with van der Waals surface area (Å²) in [5.41, 5.74) is 6.87. The molecule has 0 saturated carbocycles. The van der Waals surface area contributed by atoms with Gasteiger partial charge in [0.2, 0.25) is 5.88 Å². The number of aliphatic hydroxyl groups is 1. The zero-order valence-electron chi connectivity index (χ0n) is 19.3. The third-order valence-electron chi connectivity index (χ3n) is 5.56. The smallest absolute Gasteiger partial charge is 0.218 e. The number of fused-ring (bicyclic) bond motifs is 1. The lowest BCUT2D eigenvalue weighted by atomic mass is 10.0. The highest BCUT2D eigenvalue weighted by atomic mass is 16.5. The minimum Gasteiger partial charge on any atom is -0.481 e. The fourth-order valence-corrected chi connectivity index (χ4v) is 3.67. The minimum atomic E-state index is -1.08. The van der Waals surface area contributed by atoms with Crippen LogP contribution in [0, 0.1) is 20.8 Å². The van der Waals surface area contributed by atoms with Crippen LogP contribution in [0.1, 0.15) is 36.4 Å². The zero-order valence-corrected chi connectivity index (χ0v) is 19.3. The highest BCUT2D eigenvalue weighted by Crippen LogP contribution is 2.37. The number of nitrogens with zero attached hydrogens (tertiary/aromatic N) is 3. The fraction of sp³-hybridized carbons (Fsp3) is 0.269. The molecule has 0 radical (unpaired) electrons. The number of methoxy groups -OCH3 is 1. The molecule has 2 heterocycles. The second-order valence-electron chi connectivity index (χ2n) is 8.65. The van der Waals surface area contributed by atoms with Crippen molar-refractivity contribution in [2.75, 3.05) is 12.4 Å². The molecule has 0 saturated heterocycles. The van der Waals surface area contributed by atoms with Crippen LogP contribution in [0.2, 0.25) is 0 Å². The van der Waals surface area contributed by atoms with Crippen molar-refractivity contribution in [3.05, 3.63) is 71.3 Å². The van der Waals surface area contributed by atoms with E-state index in [0.717, 1.165) is 44.5 Å². The Bertz CT molecular complexity index is 1290. The summed E-state index contributed by atoms with van der Waals surface area (Å²) in [7, 11) is 1.64. The largest absolute Gasteiger partial charge is 0.481 e. The van der Waals surface area contributed by atoms with Gasteiger partial charge >= 0.3 is 0 Å². The number of nitrogens with one attached hydrogen (secondary N) is 1. The van der Waals surface area contributed by atoms with Gasteiger partial charge in [0.1, 0.15) is 5.60 Å². The van der Waals surface area contributed by atoms with E-state index in [4.69, 9.17) is 9.72 Å². The Hall–Kier alpha value is -3.51. The third kappa shape index (κ3) is 4.14. The predicted molar refractivity (Wildman–Crippen MR) is 129 cm³/mol. The van der Waals surface area contributed by atoms with Crippen molar-refractivity contribution in [1.29, 1.82) is 0 Å². The summed E-state index contributed by atoms with van der Waals surface area (Å²) in [6.07, 6.45) is 3.48. The molecule has 164 valence electrons. The van der Waals surface area contributed by atoms with Gasteiger partial charge in [-0.15, -0.1) is 0 Å². The SMILES string of the molecule is COc1nc2ccc(-c3cnc(C(C)(C)O)nc3)cc2c(Nc2cc(C)ccc2C)c1C. The maximum absolute atomic E-state index is 10.1. The maximum atomic E-state index is 10.1. The first-order valence-corrected chi connectivity index (χ1v) is 10.6. The number of anilines is 2. The summed E-state index contributed by atoms with van der Waals surface area (Å²) in [4.78, 5) is 13.4. The number of rotatable bonds is 5. The van der Waals surface area contributed by atoms with Gasteiger partial charge in [0.15, 0.2) is 5.82 Å². The number of benzene rings is 2. The van der Waals surface area contributed by atoms with Crippen LogP contribution in [0.25, 0.3) is 22.0 Å². The van der Waals surface area contributed by atoms with Gasteiger partial charge in [0.25, 0.3) is 0 Å². The Morgan fingerprint density at radius 3 is 2.31 bits per heavy atom. The van der Waals surface area contributed by atoms with Crippen LogP contribution in [0.15, 0.2) is 48.8 Å². The molecular formula is C26H28N4O2. The summed E-state index contributed by atoms with van der Waals surface area (Å²) >= 11 is 0. The molecule has 2 aromatic heterocycles. The number of hydrogen-bond donors (Lipinski definition) is 2. The summed E-state index contributed by atoms with van der Waals surface area (Å²) in [6, 6.07) is 12.4. The van der Waals surface area contributed by atoms with Crippen molar-refractivity contribution < 1.29 is 9.84 Å². The van der Waals surface area contributed by atoms with Crippen molar-refractivity contribution >= 4 is 22.3 Å². The van der Waals surface area contributed by atoms with E-state index in [1.165, 1.54) is 5.56 Å². The molecule has 32 heavy (non-hydrogen) atoms. The Balaban J connectivity index is 1.86. The van der Waals surface area contributed by atoms with Gasteiger partial charge in [-0.1, -0.05) is 18.2 Å². The summed E-state index contributed by atoms with van der Waals surface area (Å²) in [5.74, 6) is 0.984. The standard InChI is InChI=1S/C26H28N4O2/c1-15-7-8-16(2)22(11-15)29-23-17(3)24(32-6)30-21-10-9-18(12-20(21)23)19-13-27-25(28-14-19)26(4,5)31/h7-14,31H,1-6H3,(H,29,30). The average molecular weight is 429 g/mol. The predicted octanol–water partition coefficient (Wildman–Crippen LogP) is 5.60. The molecule has 2 aromatic carbocycles. The maximum Gasteiger partial charge on any atom is 0.218 e. The lowest BCUT2D eigenvalue weighted by molar-refractivity contribution is 0.0687. The van der Waals surface area contributed by atoms with Crippen molar-refractivity contribution in [3.8, 4) is 17.0 Å². The van der Waals surface area contributed by atoms with E-state index in [1.54, 1.807) is 33.4 Å². The Kier molecular flexibility index (Phi) is 5.57. The molecule has 0 unspecified atom stereocenters. The van der Waals surface area contributed by atoms with Crippen molar-refractivity contribution in [1.82, 2.24) is 15.0 Å². The molecule has 6 nitrogen and oxygen atoms in total. The van der Waals surface area contributed by atoms with E-state index in [9.17, 15) is 5.11 Å². The van der Waals surface area contributed by atoms with Crippen LogP contribution in [0.4, 0.5) is 11.4 Å². The molecule has 0 bridgehead atoms. The van der Waals surface area contributed by atoms with E-state index in [-0.39, 0.29) is 0 Å². The highest BCUT2D eigenvalue weighted by Gasteiger charge is 2.19. The lowest BCUT2D eigenvalue weighted by Gasteiger charge is -2.18. The van der Waals surface area contributed by atoms with Gasteiger partial charge in [0.05, 0.1) is 18.3 Å². The Morgan fingerprint density at radius 1 is 0.938 bits per heavy atom. The molecule has 0 aliphatic rings. The highest BCUT2D eigenvalue weighted by molar-refractivity contribution is 5.98. The summed E-state index contributed by atoms with van der Waals surface area (Å²) in [5, 5.41) is 14.7. The summed E-state index contributed by atoms with van der Waals surface area (Å²) in [6.45, 7) is 9.52. The van der Waals surface area contributed by atoms with Crippen LogP contribution in [-0.2, 0) is 5.60 Å². The molecule has 4 rings (SSSR count). The number of ether oxygens (including phenoxy) is 1. The number of aryl methyl sites for hydroxylation is 2. The van der Waals surface area contributed by atoms with Gasteiger partial charge in [-0.2, -0.15) is 0 Å². The fourth-order valence-electron chi connectivity index (χ4n) is 3.67. The third-order valence-corrected chi connectivity index (χ3v) is 5.56. The second kappa shape index (κ2) is 8.20. The van der Waals surface area contributed by atoms with Gasteiger partial charge in [-0.25, -0.2) is 15.0 Å². The van der Waals surface area contributed by atoms with Gasteiger partial charge in [-0.3, -0.25) is 0 Å². The first-order chi connectivity index (χ1) is 15.2. The molecule has 2 N–H and O–H groups in total. The molecule has 0 amide bonds. The molecule has 0 spiro atoms. The van der Waals surface area contributed by atoms with Crippen LogP contribution in [0.5, 0.6) is 5.88 Å². The Morgan fingerprint density at radius 2 is 1.66 bits per heavy atom. The molecular weight excluding hydrogens is 400 g/mol. The van der Waals surface area contributed by atoms with Crippen LogP contribution < -0.4 is 10.1 Å². The van der Waals surface area contributed by atoms with Gasteiger partial charge < -0.3 is 15.2 Å². The minimum absolute atomic E-state index is 0.390. The molecule has 6 heteroatoms. The number of pyridine rings is 1. The normalized spacial score (nSPS) is 11.6. The van der Waals surface area contributed by atoms with Gasteiger partial charge in [0, 0.05) is 34.6 Å². The van der Waals surface area contributed by atoms with Crippen LogP contribution in [-0.4, -0.2) is 27.2 Å². The van der Waals surface area contributed by atoms with Crippen LogP contribution in [0.3, 0.4) is 0 Å². The topological polar surface area (TPSA) is 80.2 Å². The van der Waals surface area contributed by atoms with E-state index >= 15 is 0 Å². The van der Waals surface area contributed by atoms with Crippen molar-refractivity contribution in [2.45, 2.75) is 40.2 Å². The van der Waals surface area contributed by atoms with Gasteiger partial charge in [-0.05, 0) is 69.5 Å². The molecule has 0 fully saturated rings. The zero-order chi connectivity index (χ0) is 23.0. The second-order valence-corrected chi connectivity index (χ2v) is 8.65. The average Bonchev–Trinajstić information content (AvgIpc) is 2.77. The van der Waals surface area contributed by atoms with Crippen LogP contribution >= 0.6 is 0 Å². The van der Waals surface area contributed by atoms with Crippen molar-refractivity contribution in [3.63, 3.8) is 0 Å². The van der Waals surface area contributed by atoms with E-state index in [1.807, 2.05) is 19.1 Å². The monoisotopic (exact) mass is 428 g/mol. The Labute approximate surface area is 188 Å². The molecule has 4 aromatic rings. The van der Waals surface area contributed by atoms with Crippen molar-refractivity contribution in [2.24, 2.45) is 0 Å². The molecule has 0 aliphatic heterocycles.